The number of nitrogens with one attached hydrogen (secondary N) is 1. The molecule has 158 valence electrons. The van der Waals surface area contributed by atoms with Crippen LogP contribution in [0.25, 0.3) is 0 Å². The maximum Gasteiger partial charge on any atom is 0.402 e. The van der Waals surface area contributed by atoms with E-state index in [1.165, 1.54) is 31.0 Å². The van der Waals surface area contributed by atoms with Crippen molar-refractivity contribution >= 4 is 27.1 Å². The van der Waals surface area contributed by atoms with Crippen molar-refractivity contribution in [2.45, 2.75) is 65.2 Å². The number of hydrogen-bond acceptors (Lipinski definition) is 6. The Kier molecular flexibility index (Phi) is 9.71. The molecule has 0 aromatic rings. The van der Waals surface area contributed by atoms with E-state index in [0.29, 0.717) is 22.7 Å². The zero-order valence-corrected chi connectivity index (χ0v) is 18.7. The third-order valence-electron chi connectivity index (χ3n) is 4.71. The minimum Gasteiger partial charge on any atom is -0.255 e. The summed E-state index contributed by atoms with van der Waals surface area (Å²) in [5, 5.41) is 15.6. The van der Waals surface area contributed by atoms with Crippen molar-refractivity contribution in [1.29, 1.82) is 5.26 Å². The van der Waals surface area contributed by atoms with Gasteiger partial charge in [-0.25, -0.2) is 0 Å². The van der Waals surface area contributed by atoms with Crippen LogP contribution in [0.15, 0.2) is 51.1 Å². The Bertz CT molecular complexity index is 875. The van der Waals surface area contributed by atoms with Crippen molar-refractivity contribution in [2.24, 2.45) is 5.16 Å². The minimum atomic E-state index is -3.97. The van der Waals surface area contributed by atoms with Gasteiger partial charge in [0.25, 0.3) is 0 Å². The van der Waals surface area contributed by atoms with Gasteiger partial charge in [-0.1, -0.05) is 68.1 Å². The van der Waals surface area contributed by atoms with E-state index in [1.54, 1.807) is 11.5 Å². The summed E-state index contributed by atoms with van der Waals surface area (Å²) in [5.74, 6) is 0. The predicted octanol–water partition coefficient (Wildman–Crippen LogP) is 5.26. The molecule has 1 aliphatic heterocycles. The highest BCUT2D eigenvalue weighted by molar-refractivity contribution is 8.17. The van der Waals surface area contributed by atoms with E-state index in [-0.39, 0.29) is 0 Å². The topological polar surface area (TPSA) is 91.6 Å². The van der Waals surface area contributed by atoms with Crippen LogP contribution in [-0.4, -0.2) is 20.0 Å². The van der Waals surface area contributed by atoms with E-state index in [0.717, 1.165) is 43.3 Å². The number of nitrogens with zero attached hydrogens (tertiary/aromatic N) is 2. The first-order chi connectivity index (χ1) is 14.0. The first kappa shape index (κ1) is 23.5. The van der Waals surface area contributed by atoms with Crippen molar-refractivity contribution in [3.8, 4) is 6.07 Å². The van der Waals surface area contributed by atoms with Gasteiger partial charge < -0.3 is 0 Å². The molecule has 0 saturated heterocycles. The second kappa shape index (κ2) is 12.0. The van der Waals surface area contributed by atoms with E-state index in [2.05, 4.69) is 28.9 Å². The highest BCUT2D eigenvalue weighted by Crippen LogP contribution is 2.33. The zero-order valence-electron chi connectivity index (χ0n) is 17.1. The van der Waals surface area contributed by atoms with Crippen LogP contribution in [0.1, 0.15) is 65.2 Å². The quantitative estimate of drug-likeness (QED) is 0.271. The van der Waals surface area contributed by atoms with Crippen molar-refractivity contribution < 1.29 is 12.7 Å². The van der Waals surface area contributed by atoms with Gasteiger partial charge in [-0.2, -0.15) is 18.4 Å². The first-order valence-corrected chi connectivity index (χ1v) is 12.4. The molecule has 0 radical (unpaired) electrons. The molecule has 0 unspecified atom stereocenters. The monoisotopic (exact) mass is 435 g/mol. The van der Waals surface area contributed by atoms with Crippen LogP contribution >= 0.6 is 11.8 Å². The Morgan fingerprint density at radius 2 is 1.97 bits per heavy atom. The average Bonchev–Trinajstić information content (AvgIpc) is 3.16. The molecule has 8 heteroatoms. The summed E-state index contributed by atoms with van der Waals surface area (Å²) in [5.41, 5.74) is 2.99. The van der Waals surface area contributed by atoms with Crippen LogP contribution in [0.2, 0.25) is 0 Å². The molecule has 1 heterocycles. The third-order valence-corrected chi connectivity index (χ3v) is 6.33. The molecule has 1 N–H and O–H groups in total. The smallest absolute Gasteiger partial charge is 0.255 e. The molecule has 1 aliphatic carbocycles. The van der Waals surface area contributed by atoms with Crippen molar-refractivity contribution in [2.75, 3.05) is 6.54 Å². The van der Waals surface area contributed by atoms with E-state index in [9.17, 15) is 13.7 Å². The maximum atomic E-state index is 12.1. The second-order valence-electron chi connectivity index (χ2n) is 6.99. The minimum absolute atomic E-state index is 0.327. The lowest BCUT2D eigenvalue weighted by Gasteiger charge is -2.13. The number of unbranched alkanes of at least 4 members (excludes halogenated alkanes) is 5. The van der Waals surface area contributed by atoms with Gasteiger partial charge in [0.05, 0.1) is 5.57 Å². The summed E-state index contributed by atoms with van der Waals surface area (Å²) in [6.07, 6.45) is 14.2. The van der Waals surface area contributed by atoms with Crippen molar-refractivity contribution in [3.05, 3.63) is 45.9 Å². The summed E-state index contributed by atoms with van der Waals surface area (Å²) in [4.78, 5) is 0. The second-order valence-corrected chi connectivity index (χ2v) is 9.23. The SMILES string of the molecule is CCCCCCCCNS(=O)(=O)O/N=C1\SC=C\C1=C(\C#N)C1=CCCC=C1C. The molecule has 2 rings (SSSR count). The molecule has 0 saturated carbocycles. The van der Waals surface area contributed by atoms with Gasteiger partial charge in [-0.05, 0) is 48.8 Å². The number of oxime groups is 1. The number of nitriles is 1. The van der Waals surface area contributed by atoms with Crippen LogP contribution in [0.5, 0.6) is 0 Å². The first-order valence-electron chi connectivity index (χ1n) is 10.1. The molecule has 0 amide bonds. The lowest BCUT2D eigenvalue weighted by Crippen LogP contribution is -2.25. The van der Waals surface area contributed by atoms with Crippen LogP contribution < -0.4 is 4.72 Å². The Hall–Kier alpha value is -1.82. The number of allylic oxidation sites excluding steroid dienone is 6. The van der Waals surface area contributed by atoms with Gasteiger partial charge in [0.2, 0.25) is 0 Å². The van der Waals surface area contributed by atoms with Crippen LogP contribution in [0.3, 0.4) is 0 Å². The van der Waals surface area contributed by atoms with Gasteiger partial charge in [-0.15, -0.1) is 0 Å². The van der Waals surface area contributed by atoms with Gasteiger partial charge >= 0.3 is 10.3 Å². The summed E-state index contributed by atoms with van der Waals surface area (Å²) < 4.78 is 31.3. The van der Waals surface area contributed by atoms with Crippen LogP contribution in [0, 0.1) is 11.3 Å². The molecule has 29 heavy (non-hydrogen) atoms. The molecule has 2 aliphatic rings. The summed E-state index contributed by atoms with van der Waals surface area (Å²) in [6.45, 7) is 4.46. The fourth-order valence-electron chi connectivity index (χ4n) is 3.14. The van der Waals surface area contributed by atoms with Crippen molar-refractivity contribution in [3.63, 3.8) is 0 Å². The summed E-state index contributed by atoms with van der Waals surface area (Å²) in [6, 6.07) is 2.24. The van der Waals surface area contributed by atoms with E-state index >= 15 is 0 Å². The fourth-order valence-corrected chi connectivity index (χ4v) is 4.51. The van der Waals surface area contributed by atoms with Gasteiger partial charge in [0.1, 0.15) is 6.07 Å². The summed E-state index contributed by atoms with van der Waals surface area (Å²) in [7, 11) is -3.97. The van der Waals surface area contributed by atoms with Gasteiger partial charge in [0.15, 0.2) is 5.04 Å². The van der Waals surface area contributed by atoms with E-state index in [1.807, 2.05) is 13.0 Å². The van der Waals surface area contributed by atoms with E-state index < -0.39 is 10.3 Å². The van der Waals surface area contributed by atoms with Crippen LogP contribution in [-0.2, 0) is 14.6 Å². The number of hydrogen-bond donors (Lipinski definition) is 1. The standard InChI is InChI=1S/C21H29N3O3S2/c1-3-4-5-6-7-10-14-23-29(25,26)27-24-21-19(13-15-28-21)20(16-22)18-12-9-8-11-17(18)2/h11-13,15,23H,3-10,14H2,1-2H3/b20-19+,24-21-. The average molecular weight is 436 g/mol. The molecular formula is C21H29N3O3S2. The van der Waals surface area contributed by atoms with Gasteiger partial charge in [-0.3, -0.25) is 4.28 Å². The molecule has 6 nitrogen and oxygen atoms in total. The highest BCUT2D eigenvalue weighted by atomic mass is 32.2. The van der Waals surface area contributed by atoms with Crippen LogP contribution in [0.4, 0.5) is 0 Å². The van der Waals surface area contributed by atoms with Gasteiger partial charge in [0, 0.05) is 12.1 Å². The Balaban J connectivity index is 1.98. The maximum absolute atomic E-state index is 12.1. The van der Waals surface area contributed by atoms with E-state index in [4.69, 9.17) is 4.28 Å². The third kappa shape index (κ3) is 7.50. The molecule has 0 spiro atoms. The normalized spacial score (nSPS) is 19.7. The number of rotatable bonds is 11. The molecule has 0 aromatic heterocycles. The summed E-state index contributed by atoms with van der Waals surface area (Å²) >= 11 is 1.24. The van der Waals surface area contributed by atoms with Crippen molar-refractivity contribution in [1.82, 2.24) is 4.72 Å². The fraction of sp³-hybridized carbons (Fsp3) is 0.524. The molecular weight excluding hydrogens is 406 g/mol. The lowest BCUT2D eigenvalue weighted by atomic mass is 9.90. The Morgan fingerprint density at radius 1 is 1.24 bits per heavy atom. The number of thioether (sulfide) groups is 1. The predicted molar refractivity (Wildman–Crippen MR) is 119 cm³/mol. The largest absolute Gasteiger partial charge is 0.402 e. The lowest BCUT2D eigenvalue weighted by molar-refractivity contribution is 0.331. The molecule has 0 bridgehead atoms. The Labute approximate surface area is 178 Å². The molecule has 0 aromatic carbocycles. The Morgan fingerprint density at radius 3 is 2.69 bits per heavy atom. The molecule has 0 fully saturated rings. The molecule has 0 atom stereocenters. The highest BCUT2D eigenvalue weighted by Gasteiger charge is 2.22. The zero-order chi connectivity index (χ0) is 21.1.